The number of ketones is 1. The van der Waals surface area contributed by atoms with Crippen molar-refractivity contribution in [3.63, 3.8) is 0 Å². The summed E-state index contributed by atoms with van der Waals surface area (Å²) in [6.45, 7) is 8.46. The summed E-state index contributed by atoms with van der Waals surface area (Å²) >= 11 is 0. The standard InChI is InChI=1S/C17H24O/c1-5-14(6-2)16-9-8-15(13(4)12-16)10-11-17(18)7-3/h8-12,14H,5-7H2,1-4H3/b11-10+. The molecule has 0 saturated carbocycles. The summed E-state index contributed by atoms with van der Waals surface area (Å²) in [5, 5.41) is 0. The van der Waals surface area contributed by atoms with Crippen molar-refractivity contribution < 1.29 is 4.79 Å². The van der Waals surface area contributed by atoms with E-state index in [1.165, 1.54) is 24.0 Å². The third-order valence-electron chi connectivity index (χ3n) is 3.55. The molecule has 0 saturated heterocycles. The number of benzene rings is 1. The van der Waals surface area contributed by atoms with E-state index in [2.05, 4.69) is 39.0 Å². The van der Waals surface area contributed by atoms with Crippen LogP contribution in [0.3, 0.4) is 0 Å². The Balaban J connectivity index is 2.92. The summed E-state index contributed by atoms with van der Waals surface area (Å²) in [6.07, 6.45) is 6.54. The number of hydrogen-bond acceptors (Lipinski definition) is 1. The fourth-order valence-electron chi connectivity index (χ4n) is 2.20. The van der Waals surface area contributed by atoms with Crippen LogP contribution in [0, 0.1) is 6.92 Å². The molecule has 0 aliphatic carbocycles. The van der Waals surface area contributed by atoms with Crippen molar-refractivity contribution in [1.29, 1.82) is 0 Å². The first-order valence-electron chi connectivity index (χ1n) is 6.93. The fourth-order valence-corrected chi connectivity index (χ4v) is 2.20. The molecule has 0 fully saturated rings. The van der Waals surface area contributed by atoms with Gasteiger partial charge < -0.3 is 0 Å². The zero-order chi connectivity index (χ0) is 13.5. The number of hydrogen-bond donors (Lipinski definition) is 0. The van der Waals surface area contributed by atoms with Crippen LogP contribution < -0.4 is 0 Å². The highest BCUT2D eigenvalue weighted by atomic mass is 16.1. The second kappa shape index (κ2) is 7.15. The lowest BCUT2D eigenvalue weighted by Crippen LogP contribution is -1.96. The molecule has 1 aromatic carbocycles. The number of rotatable bonds is 6. The van der Waals surface area contributed by atoms with E-state index in [4.69, 9.17) is 0 Å². The van der Waals surface area contributed by atoms with Crippen LogP contribution in [0.2, 0.25) is 0 Å². The highest BCUT2D eigenvalue weighted by Crippen LogP contribution is 2.25. The van der Waals surface area contributed by atoms with Gasteiger partial charge >= 0.3 is 0 Å². The number of carbonyl (C=O) groups is 1. The van der Waals surface area contributed by atoms with Crippen molar-refractivity contribution in [1.82, 2.24) is 0 Å². The molecular formula is C17H24O. The van der Waals surface area contributed by atoms with Crippen LogP contribution in [-0.2, 0) is 4.79 Å². The zero-order valence-electron chi connectivity index (χ0n) is 12.0. The summed E-state index contributed by atoms with van der Waals surface area (Å²) < 4.78 is 0. The molecule has 0 amide bonds. The van der Waals surface area contributed by atoms with Crippen LogP contribution in [0.5, 0.6) is 0 Å². The quantitative estimate of drug-likeness (QED) is 0.651. The Hall–Kier alpha value is -1.37. The predicted molar refractivity (Wildman–Crippen MR) is 78.8 cm³/mol. The van der Waals surface area contributed by atoms with Crippen molar-refractivity contribution >= 4 is 11.9 Å². The monoisotopic (exact) mass is 244 g/mol. The van der Waals surface area contributed by atoms with Gasteiger partial charge in [0.2, 0.25) is 0 Å². The normalized spacial score (nSPS) is 11.4. The molecule has 0 aliphatic rings. The highest BCUT2D eigenvalue weighted by molar-refractivity contribution is 5.93. The molecule has 18 heavy (non-hydrogen) atoms. The van der Waals surface area contributed by atoms with E-state index in [0.29, 0.717) is 12.3 Å². The van der Waals surface area contributed by atoms with E-state index in [0.717, 1.165) is 5.56 Å². The Bertz CT molecular complexity index is 425. The van der Waals surface area contributed by atoms with E-state index in [-0.39, 0.29) is 5.78 Å². The van der Waals surface area contributed by atoms with Crippen LogP contribution in [0.25, 0.3) is 6.08 Å². The van der Waals surface area contributed by atoms with Gasteiger partial charge in [-0.3, -0.25) is 4.79 Å². The van der Waals surface area contributed by atoms with Crippen molar-refractivity contribution in [3.8, 4) is 0 Å². The van der Waals surface area contributed by atoms with E-state index >= 15 is 0 Å². The molecular weight excluding hydrogens is 220 g/mol. The maximum absolute atomic E-state index is 11.3. The molecule has 1 aromatic rings. The van der Waals surface area contributed by atoms with E-state index < -0.39 is 0 Å². The molecule has 0 bridgehead atoms. The molecule has 1 nitrogen and oxygen atoms in total. The minimum absolute atomic E-state index is 0.179. The molecule has 0 radical (unpaired) electrons. The smallest absolute Gasteiger partial charge is 0.155 e. The second-order valence-corrected chi connectivity index (χ2v) is 4.78. The van der Waals surface area contributed by atoms with Crippen LogP contribution in [-0.4, -0.2) is 5.78 Å². The van der Waals surface area contributed by atoms with Crippen molar-refractivity contribution in [3.05, 3.63) is 41.0 Å². The van der Waals surface area contributed by atoms with Gasteiger partial charge in [-0.25, -0.2) is 0 Å². The lowest BCUT2D eigenvalue weighted by Gasteiger charge is -2.14. The maximum Gasteiger partial charge on any atom is 0.155 e. The molecule has 0 aromatic heterocycles. The fraction of sp³-hybridized carbons (Fsp3) is 0.471. The van der Waals surface area contributed by atoms with Crippen LogP contribution in [0.4, 0.5) is 0 Å². The Morgan fingerprint density at radius 2 is 1.89 bits per heavy atom. The lowest BCUT2D eigenvalue weighted by molar-refractivity contribution is -0.114. The number of aryl methyl sites for hydroxylation is 1. The highest BCUT2D eigenvalue weighted by Gasteiger charge is 2.07. The number of carbonyl (C=O) groups excluding carboxylic acids is 1. The summed E-state index contributed by atoms with van der Waals surface area (Å²) in [4.78, 5) is 11.3. The molecule has 0 heterocycles. The molecule has 1 rings (SSSR count). The number of allylic oxidation sites excluding steroid dienone is 1. The summed E-state index contributed by atoms with van der Waals surface area (Å²) in [5.74, 6) is 0.831. The van der Waals surface area contributed by atoms with Gasteiger partial charge in [-0.2, -0.15) is 0 Å². The minimum Gasteiger partial charge on any atom is -0.295 e. The van der Waals surface area contributed by atoms with Crippen molar-refractivity contribution in [2.75, 3.05) is 0 Å². The third kappa shape index (κ3) is 3.83. The van der Waals surface area contributed by atoms with E-state index in [1.54, 1.807) is 6.08 Å². The topological polar surface area (TPSA) is 17.1 Å². The Labute approximate surface area is 111 Å². The minimum atomic E-state index is 0.179. The van der Waals surface area contributed by atoms with Gasteiger partial charge in [0.15, 0.2) is 5.78 Å². The van der Waals surface area contributed by atoms with Crippen LogP contribution >= 0.6 is 0 Å². The van der Waals surface area contributed by atoms with E-state index in [1.807, 2.05) is 13.0 Å². The average Bonchev–Trinajstić information content (AvgIpc) is 2.38. The first-order chi connectivity index (χ1) is 8.62. The molecule has 0 aliphatic heterocycles. The molecule has 0 unspecified atom stereocenters. The van der Waals surface area contributed by atoms with Crippen LogP contribution in [0.15, 0.2) is 24.3 Å². The van der Waals surface area contributed by atoms with E-state index in [9.17, 15) is 4.79 Å². The van der Waals surface area contributed by atoms with Gasteiger partial charge in [0.1, 0.15) is 0 Å². The lowest BCUT2D eigenvalue weighted by atomic mass is 9.91. The molecule has 0 spiro atoms. The van der Waals surface area contributed by atoms with Gasteiger partial charge in [0.25, 0.3) is 0 Å². The third-order valence-corrected chi connectivity index (χ3v) is 3.55. The Morgan fingerprint density at radius 1 is 1.22 bits per heavy atom. The zero-order valence-corrected chi connectivity index (χ0v) is 12.0. The summed E-state index contributed by atoms with van der Waals surface area (Å²) in [5.41, 5.74) is 3.81. The first kappa shape index (κ1) is 14.7. The Morgan fingerprint density at radius 3 is 2.39 bits per heavy atom. The molecule has 1 heteroatoms. The molecule has 0 atom stereocenters. The summed E-state index contributed by atoms with van der Waals surface area (Å²) in [7, 11) is 0. The van der Waals surface area contributed by atoms with Crippen LogP contribution in [0.1, 0.15) is 62.6 Å². The van der Waals surface area contributed by atoms with Gasteiger partial charge in [-0.1, -0.05) is 45.0 Å². The predicted octanol–water partition coefficient (Wildman–Crippen LogP) is 4.89. The maximum atomic E-state index is 11.3. The average molecular weight is 244 g/mol. The summed E-state index contributed by atoms with van der Waals surface area (Å²) in [6, 6.07) is 6.58. The van der Waals surface area contributed by atoms with Gasteiger partial charge in [-0.05, 0) is 48.4 Å². The van der Waals surface area contributed by atoms with Gasteiger partial charge in [0.05, 0.1) is 0 Å². The van der Waals surface area contributed by atoms with Gasteiger partial charge in [-0.15, -0.1) is 0 Å². The Kier molecular flexibility index (Phi) is 5.84. The van der Waals surface area contributed by atoms with Crippen molar-refractivity contribution in [2.24, 2.45) is 0 Å². The SMILES string of the molecule is CCC(=O)/C=C/c1ccc(C(CC)CC)cc1C. The second-order valence-electron chi connectivity index (χ2n) is 4.78. The van der Waals surface area contributed by atoms with Crippen molar-refractivity contribution in [2.45, 2.75) is 52.9 Å². The first-order valence-corrected chi connectivity index (χ1v) is 6.93. The van der Waals surface area contributed by atoms with Gasteiger partial charge in [0, 0.05) is 6.42 Å². The largest absolute Gasteiger partial charge is 0.295 e. The molecule has 0 N–H and O–H groups in total. The molecule has 98 valence electrons.